The van der Waals surface area contributed by atoms with E-state index in [1.165, 1.54) is 13.2 Å². The number of hydrogen-bond donors (Lipinski definition) is 1. The van der Waals surface area contributed by atoms with E-state index < -0.39 is 16.0 Å². The summed E-state index contributed by atoms with van der Waals surface area (Å²) < 4.78 is 32.5. The first kappa shape index (κ1) is 19.0. The Hall–Kier alpha value is -2.34. The van der Waals surface area contributed by atoms with E-state index in [-0.39, 0.29) is 15.9 Å². The van der Waals surface area contributed by atoms with E-state index >= 15 is 0 Å². The third-order valence-corrected chi connectivity index (χ3v) is 5.32. The standard InChI is InChI=1S/C19H23NO4S/c1-13-6-7-14(18(21)24-5)12-17(13)20-25(22,23)16-10-8-15(9-11-16)19(2,3)4/h6-12,20H,1-5H3. The van der Waals surface area contributed by atoms with Crippen LogP contribution < -0.4 is 4.72 Å². The lowest BCUT2D eigenvalue weighted by atomic mass is 9.87. The van der Waals surface area contributed by atoms with Gasteiger partial charge in [-0.05, 0) is 47.7 Å². The Bertz CT molecular complexity index is 879. The molecule has 0 atom stereocenters. The first-order valence-electron chi connectivity index (χ1n) is 7.87. The lowest BCUT2D eigenvalue weighted by Gasteiger charge is -2.19. The van der Waals surface area contributed by atoms with Gasteiger partial charge in [-0.3, -0.25) is 4.72 Å². The monoisotopic (exact) mass is 361 g/mol. The van der Waals surface area contributed by atoms with Gasteiger partial charge in [-0.25, -0.2) is 13.2 Å². The fourth-order valence-electron chi connectivity index (χ4n) is 2.31. The summed E-state index contributed by atoms with van der Waals surface area (Å²) >= 11 is 0. The van der Waals surface area contributed by atoms with Crippen LogP contribution in [0.3, 0.4) is 0 Å². The van der Waals surface area contributed by atoms with E-state index in [2.05, 4.69) is 30.2 Å². The minimum atomic E-state index is -3.75. The number of aryl methyl sites for hydroxylation is 1. The van der Waals surface area contributed by atoms with E-state index in [9.17, 15) is 13.2 Å². The van der Waals surface area contributed by atoms with Crippen LogP contribution in [-0.2, 0) is 20.2 Å². The average Bonchev–Trinajstić information content (AvgIpc) is 2.55. The Kier molecular flexibility index (Phi) is 5.23. The van der Waals surface area contributed by atoms with Gasteiger partial charge in [0.1, 0.15) is 0 Å². The van der Waals surface area contributed by atoms with Crippen LogP contribution in [0, 0.1) is 6.92 Å². The van der Waals surface area contributed by atoms with Crippen molar-refractivity contribution in [2.24, 2.45) is 0 Å². The van der Waals surface area contributed by atoms with Crippen LogP contribution in [-0.4, -0.2) is 21.5 Å². The van der Waals surface area contributed by atoms with Gasteiger partial charge in [-0.2, -0.15) is 0 Å². The zero-order chi connectivity index (χ0) is 18.8. The second-order valence-electron chi connectivity index (χ2n) is 6.90. The van der Waals surface area contributed by atoms with E-state index in [4.69, 9.17) is 0 Å². The molecule has 0 amide bonds. The molecule has 0 fully saturated rings. The van der Waals surface area contributed by atoms with Gasteiger partial charge < -0.3 is 4.74 Å². The molecule has 2 aromatic carbocycles. The predicted octanol–water partition coefficient (Wildman–Crippen LogP) is 3.88. The van der Waals surface area contributed by atoms with Crippen molar-refractivity contribution in [3.05, 3.63) is 59.2 Å². The summed E-state index contributed by atoms with van der Waals surface area (Å²) in [6, 6.07) is 11.5. The molecule has 0 aliphatic rings. The van der Waals surface area contributed by atoms with Crippen LogP contribution in [0.5, 0.6) is 0 Å². The molecule has 5 nitrogen and oxygen atoms in total. The molecule has 0 spiro atoms. The number of sulfonamides is 1. The Morgan fingerprint density at radius 3 is 2.16 bits per heavy atom. The highest BCUT2D eigenvalue weighted by atomic mass is 32.2. The summed E-state index contributed by atoms with van der Waals surface area (Å²) in [6.07, 6.45) is 0. The van der Waals surface area contributed by atoms with Gasteiger partial charge in [0.15, 0.2) is 0 Å². The summed E-state index contributed by atoms with van der Waals surface area (Å²) in [5.41, 5.74) is 2.34. The summed E-state index contributed by atoms with van der Waals surface area (Å²) in [6.45, 7) is 7.96. The molecule has 0 aliphatic heterocycles. The van der Waals surface area contributed by atoms with Crippen molar-refractivity contribution in [2.75, 3.05) is 11.8 Å². The first-order valence-corrected chi connectivity index (χ1v) is 9.35. The quantitative estimate of drug-likeness (QED) is 0.839. The zero-order valence-corrected chi connectivity index (χ0v) is 15.9. The number of hydrogen-bond acceptors (Lipinski definition) is 4. The summed E-state index contributed by atoms with van der Waals surface area (Å²) in [5, 5.41) is 0. The Morgan fingerprint density at radius 2 is 1.64 bits per heavy atom. The second kappa shape index (κ2) is 6.88. The minimum Gasteiger partial charge on any atom is -0.465 e. The third-order valence-electron chi connectivity index (χ3n) is 3.93. The second-order valence-corrected chi connectivity index (χ2v) is 8.58. The van der Waals surface area contributed by atoms with Crippen LogP contribution in [0.2, 0.25) is 0 Å². The van der Waals surface area contributed by atoms with E-state index in [1.54, 1.807) is 31.2 Å². The number of nitrogens with one attached hydrogen (secondary N) is 1. The molecule has 0 unspecified atom stereocenters. The molecule has 0 bridgehead atoms. The molecular formula is C19H23NO4S. The molecule has 0 radical (unpaired) electrons. The maximum absolute atomic E-state index is 12.6. The van der Waals surface area contributed by atoms with Crippen LogP contribution in [0.15, 0.2) is 47.4 Å². The van der Waals surface area contributed by atoms with Crippen molar-refractivity contribution in [3.8, 4) is 0 Å². The smallest absolute Gasteiger partial charge is 0.337 e. The highest BCUT2D eigenvalue weighted by Crippen LogP contribution is 2.25. The molecule has 134 valence electrons. The van der Waals surface area contributed by atoms with Crippen molar-refractivity contribution in [3.63, 3.8) is 0 Å². The fourth-order valence-corrected chi connectivity index (χ4v) is 3.44. The normalized spacial score (nSPS) is 11.9. The number of rotatable bonds is 4. The SMILES string of the molecule is COC(=O)c1ccc(C)c(NS(=O)(=O)c2ccc(C(C)(C)C)cc2)c1. The van der Waals surface area contributed by atoms with Gasteiger partial charge in [-0.1, -0.05) is 39.0 Å². The van der Waals surface area contributed by atoms with Gasteiger partial charge in [0, 0.05) is 0 Å². The third kappa shape index (κ3) is 4.39. The van der Waals surface area contributed by atoms with E-state index in [1.807, 2.05) is 12.1 Å². The maximum atomic E-state index is 12.6. The minimum absolute atomic E-state index is 0.0544. The first-order chi connectivity index (χ1) is 11.5. The molecule has 25 heavy (non-hydrogen) atoms. The zero-order valence-electron chi connectivity index (χ0n) is 15.1. The van der Waals surface area contributed by atoms with Gasteiger partial charge in [0.2, 0.25) is 0 Å². The summed E-state index contributed by atoms with van der Waals surface area (Å²) in [5.74, 6) is -0.519. The topological polar surface area (TPSA) is 72.5 Å². The molecule has 0 aromatic heterocycles. The van der Waals surface area contributed by atoms with Crippen LogP contribution in [0.4, 0.5) is 5.69 Å². The molecule has 1 N–H and O–H groups in total. The number of anilines is 1. The fraction of sp³-hybridized carbons (Fsp3) is 0.316. The summed E-state index contributed by atoms with van der Waals surface area (Å²) in [7, 11) is -2.47. The van der Waals surface area contributed by atoms with E-state index in [0.29, 0.717) is 11.3 Å². The number of carbonyl (C=O) groups excluding carboxylic acids is 1. The predicted molar refractivity (Wildman–Crippen MR) is 98.5 cm³/mol. The highest BCUT2D eigenvalue weighted by molar-refractivity contribution is 7.92. The van der Waals surface area contributed by atoms with Crippen LogP contribution in [0.1, 0.15) is 42.3 Å². The lowest BCUT2D eigenvalue weighted by Crippen LogP contribution is -2.16. The molecule has 6 heteroatoms. The number of carbonyl (C=O) groups is 1. The van der Waals surface area contributed by atoms with Crippen molar-refractivity contribution in [2.45, 2.75) is 38.0 Å². The summed E-state index contributed by atoms with van der Waals surface area (Å²) in [4.78, 5) is 11.8. The number of benzene rings is 2. The van der Waals surface area contributed by atoms with Crippen molar-refractivity contribution < 1.29 is 17.9 Å². The Morgan fingerprint density at radius 1 is 1.04 bits per heavy atom. The molecule has 0 aliphatic carbocycles. The van der Waals surface area contributed by atoms with Gasteiger partial charge in [-0.15, -0.1) is 0 Å². The average molecular weight is 361 g/mol. The van der Waals surface area contributed by atoms with Crippen molar-refractivity contribution >= 4 is 21.7 Å². The lowest BCUT2D eigenvalue weighted by molar-refractivity contribution is 0.0601. The largest absolute Gasteiger partial charge is 0.465 e. The van der Waals surface area contributed by atoms with Gasteiger partial charge >= 0.3 is 5.97 Å². The molecule has 2 aromatic rings. The van der Waals surface area contributed by atoms with Crippen molar-refractivity contribution in [1.29, 1.82) is 0 Å². The molecule has 0 saturated carbocycles. The molecule has 0 saturated heterocycles. The van der Waals surface area contributed by atoms with E-state index in [0.717, 1.165) is 5.56 Å². The highest BCUT2D eigenvalue weighted by Gasteiger charge is 2.19. The Balaban J connectivity index is 2.34. The number of esters is 1. The van der Waals surface area contributed by atoms with Gasteiger partial charge in [0.05, 0.1) is 23.3 Å². The van der Waals surface area contributed by atoms with Crippen molar-refractivity contribution in [1.82, 2.24) is 0 Å². The van der Waals surface area contributed by atoms with Gasteiger partial charge in [0.25, 0.3) is 10.0 Å². The number of ether oxygens (including phenoxy) is 1. The number of methoxy groups -OCH3 is 1. The van der Waals surface area contributed by atoms with Crippen LogP contribution in [0.25, 0.3) is 0 Å². The molecular weight excluding hydrogens is 338 g/mol. The molecule has 0 heterocycles. The Labute approximate surface area is 149 Å². The molecule has 2 rings (SSSR count). The van der Waals surface area contributed by atoms with Crippen LogP contribution >= 0.6 is 0 Å². The maximum Gasteiger partial charge on any atom is 0.337 e.